The lowest BCUT2D eigenvalue weighted by Crippen LogP contribution is -2.14. The van der Waals surface area contributed by atoms with Crippen LogP contribution in [0, 0.1) is 5.92 Å². The molecule has 0 radical (unpaired) electrons. The van der Waals surface area contributed by atoms with E-state index >= 15 is 0 Å². The highest BCUT2D eigenvalue weighted by molar-refractivity contribution is 5.10. The molecule has 1 saturated heterocycles. The lowest BCUT2D eigenvalue weighted by molar-refractivity contribution is 0.289. The quantitative estimate of drug-likeness (QED) is 0.427. The molecule has 1 heterocycles. The number of epoxide rings is 1. The van der Waals surface area contributed by atoms with Gasteiger partial charge in [0.25, 0.3) is 0 Å². The van der Waals surface area contributed by atoms with Crippen LogP contribution in [0.15, 0.2) is 35.5 Å². The molecule has 3 atom stereocenters. The first kappa shape index (κ1) is 16.5. The van der Waals surface area contributed by atoms with Gasteiger partial charge >= 0.3 is 0 Å². The minimum absolute atomic E-state index is 0.124. The largest absolute Gasteiger partial charge is 0.366 e. The van der Waals surface area contributed by atoms with Gasteiger partial charge in [0.1, 0.15) is 0 Å². The van der Waals surface area contributed by atoms with Crippen LogP contribution in [0.5, 0.6) is 0 Å². The van der Waals surface area contributed by atoms with E-state index in [0.29, 0.717) is 12.0 Å². The van der Waals surface area contributed by atoms with Gasteiger partial charge in [-0.1, -0.05) is 35.5 Å². The van der Waals surface area contributed by atoms with Gasteiger partial charge < -0.3 is 4.74 Å². The Morgan fingerprint density at radius 2 is 1.86 bits per heavy atom. The van der Waals surface area contributed by atoms with E-state index < -0.39 is 0 Å². The molecule has 21 heavy (non-hydrogen) atoms. The van der Waals surface area contributed by atoms with Gasteiger partial charge in [-0.15, -0.1) is 0 Å². The Morgan fingerprint density at radius 1 is 1.19 bits per heavy atom. The Kier molecular flexibility index (Phi) is 5.48. The summed E-state index contributed by atoms with van der Waals surface area (Å²) in [5.74, 6) is 0.611. The third-order valence-corrected chi connectivity index (χ3v) is 5.28. The Bertz CT molecular complexity index is 443. The molecular weight excluding hydrogens is 256 g/mol. The summed E-state index contributed by atoms with van der Waals surface area (Å²) in [4.78, 5) is 0. The van der Waals surface area contributed by atoms with Crippen LogP contribution in [0.2, 0.25) is 0 Å². The SMILES string of the molecule is C=C(C)[C@@H]1CC/C(C)=C/CC/C(C)=C/CC[C@@]2(C)O[C@H]2C1. The molecule has 0 amide bonds. The lowest BCUT2D eigenvalue weighted by Gasteiger charge is -2.17. The Balaban J connectivity index is 2.05. The molecule has 0 unspecified atom stereocenters. The fourth-order valence-electron chi connectivity index (χ4n) is 3.39. The Labute approximate surface area is 131 Å². The maximum Gasteiger partial charge on any atom is 0.0923 e. The summed E-state index contributed by atoms with van der Waals surface area (Å²) >= 11 is 0. The Hall–Kier alpha value is -0.820. The molecule has 1 aliphatic heterocycles. The van der Waals surface area contributed by atoms with Crippen LogP contribution in [-0.4, -0.2) is 11.7 Å². The standard InChI is InChI=1S/C20H32O/c1-15(2)18-12-11-17(4)9-6-8-16(3)10-7-13-20(5)19(14-18)21-20/h9-10,18-19H,1,6-8,11-14H2,2-5H3/b16-10+,17-9+/t18-,19+,20-/m1/s1. The maximum atomic E-state index is 6.04. The smallest absolute Gasteiger partial charge is 0.0923 e. The fourth-order valence-corrected chi connectivity index (χ4v) is 3.39. The van der Waals surface area contributed by atoms with E-state index in [4.69, 9.17) is 4.74 Å². The predicted octanol–water partition coefficient (Wildman–Crippen LogP) is 5.97. The average molecular weight is 288 g/mol. The molecule has 1 fully saturated rings. The molecule has 1 heteroatoms. The van der Waals surface area contributed by atoms with Crippen molar-refractivity contribution in [3.63, 3.8) is 0 Å². The number of hydrogen-bond donors (Lipinski definition) is 0. The monoisotopic (exact) mass is 288 g/mol. The van der Waals surface area contributed by atoms with Gasteiger partial charge in [0.15, 0.2) is 0 Å². The molecule has 0 N–H and O–H groups in total. The molecule has 0 bridgehead atoms. The number of rotatable bonds is 1. The van der Waals surface area contributed by atoms with Gasteiger partial charge in [0.2, 0.25) is 0 Å². The van der Waals surface area contributed by atoms with Gasteiger partial charge in [-0.2, -0.15) is 0 Å². The van der Waals surface area contributed by atoms with Crippen molar-refractivity contribution < 1.29 is 4.74 Å². The number of ether oxygens (including phenoxy) is 1. The number of fused-ring (bicyclic) bond motifs is 1. The second kappa shape index (κ2) is 6.96. The van der Waals surface area contributed by atoms with E-state index in [2.05, 4.69) is 46.4 Å². The third kappa shape index (κ3) is 4.85. The van der Waals surface area contributed by atoms with E-state index in [1.807, 2.05) is 0 Å². The number of hydrogen-bond acceptors (Lipinski definition) is 1. The molecule has 2 aliphatic rings. The fraction of sp³-hybridized carbons (Fsp3) is 0.700. The highest BCUT2D eigenvalue weighted by atomic mass is 16.6. The second-order valence-electron chi connectivity index (χ2n) is 7.42. The molecule has 118 valence electrons. The van der Waals surface area contributed by atoms with Crippen LogP contribution >= 0.6 is 0 Å². The molecule has 0 aromatic heterocycles. The first-order chi connectivity index (χ1) is 9.90. The maximum absolute atomic E-state index is 6.04. The normalized spacial score (nSPS) is 40.0. The molecule has 0 aromatic carbocycles. The zero-order valence-electron chi connectivity index (χ0n) is 14.4. The summed E-state index contributed by atoms with van der Waals surface area (Å²) in [6.07, 6.45) is 13.6. The summed E-state index contributed by atoms with van der Waals surface area (Å²) in [7, 11) is 0. The van der Waals surface area contributed by atoms with Gasteiger partial charge in [0, 0.05) is 0 Å². The van der Waals surface area contributed by atoms with Crippen molar-refractivity contribution in [3.8, 4) is 0 Å². The van der Waals surface area contributed by atoms with Crippen molar-refractivity contribution in [2.45, 2.75) is 84.3 Å². The minimum atomic E-state index is 0.124. The second-order valence-corrected chi connectivity index (χ2v) is 7.42. The van der Waals surface area contributed by atoms with Gasteiger partial charge in [-0.25, -0.2) is 0 Å². The highest BCUT2D eigenvalue weighted by Crippen LogP contribution is 2.45. The molecule has 1 aliphatic carbocycles. The van der Waals surface area contributed by atoms with Crippen molar-refractivity contribution in [1.82, 2.24) is 0 Å². The van der Waals surface area contributed by atoms with Crippen molar-refractivity contribution in [1.29, 1.82) is 0 Å². The van der Waals surface area contributed by atoms with Crippen molar-refractivity contribution >= 4 is 0 Å². The number of allylic oxidation sites excluding steroid dienone is 5. The summed E-state index contributed by atoms with van der Waals surface area (Å²) in [6, 6.07) is 0. The topological polar surface area (TPSA) is 12.5 Å². The molecular formula is C20H32O. The third-order valence-electron chi connectivity index (χ3n) is 5.28. The zero-order chi connectivity index (χ0) is 15.5. The van der Waals surface area contributed by atoms with Gasteiger partial charge in [-0.05, 0) is 78.6 Å². The van der Waals surface area contributed by atoms with Crippen LogP contribution in [0.1, 0.15) is 72.6 Å². The van der Waals surface area contributed by atoms with Crippen molar-refractivity contribution in [3.05, 3.63) is 35.5 Å². The van der Waals surface area contributed by atoms with Crippen LogP contribution in [0.3, 0.4) is 0 Å². The summed E-state index contributed by atoms with van der Waals surface area (Å²) in [6.45, 7) is 13.2. The zero-order valence-corrected chi connectivity index (χ0v) is 14.4. The van der Waals surface area contributed by atoms with E-state index in [-0.39, 0.29) is 5.60 Å². The van der Waals surface area contributed by atoms with E-state index in [1.54, 1.807) is 0 Å². The first-order valence-corrected chi connectivity index (χ1v) is 8.55. The molecule has 1 nitrogen and oxygen atoms in total. The molecule has 2 rings (SSSR count). The summed E-state index contributed by atoms with van der Waals surface area (Å²) in [5.41, 5.74) is 4.50. The van der Waals surface area contributed by atoms with Crippen LogP contribution in [-0.2, 0) is 4.74 Å². The van der Waals surface area contributed by atoms with Crippen LogP contribution in [0.4, 0.5) is 0 Å². The van der Waals surface area contributed by atoms with Crippen molar-refractivity contribution in [2.24, 2.45) is 5.92 Å². The van der Waals surface area contributed by atoms with Crippen LogP contribution in [0.25, 0.3) is 0 Å². The van der Waals surface area contributed by atoms with Gasteiger partial charge in [0.05, 0.1) is 11.7 Å². The van der Waals surface area contributed by atoms with Crippen molar-refractivity contribution in [2.75, 3.05) is 0 Å². The average Bonchev–Trinajstić information content (AvgIpc) is 3.03. The van der Waals surface area contributed by atoms with Gasteiger partial charge in [-0.3, -0.25) is 0 Å². The van der Waals surface area contributed by atoms with E-state index in [1.165, 1.54) is 42.4 Å². The summed E-state index contributed by atoms with van der Waals surface area (Å²) in [5, 5.41) is 0. The minimum Gasteiger partial charge on any atom is -0.366 e. The van der Waals surface area contributed by atoms with E-state index in [9.17, 15) is 0 Å². The predicted molar refractivity (Wildman–Crippen MR) is 91.4 cm³/mol. The van der Waals surface area contributed by atoms with E-state index in [0.717, 1.165) is 19.3 Å². The summed E-state index contributed by atoms with van der Waals surface area (Å²) < 4.78 is 6.04. The highest BCUT2D eigenvalue weighted by Gasteiger charge is 2.51. The molecule has 0 aromatic rings. The van der Waals surface area contributed by atoms with Crippen LogP contribution < -0.4 is 0 Å². The first-order valence-electron chi connectivity index (χ1n) is 8.55. The Morgan fingerprint density at radius 3 is 2.57 bits per heavy atom. The molecule has 0 spiro atoms. The lowest BCUT2D eigenvalue weighted by atomic mass is 9.86. The molecule has 0 saturated carbocycles.